The molecule has 1 aromatic rings. The van der Waals surface area contributed by atoms with Crippen molar-refractivity contribution in [2.75, 3.05) is 4.90 Å². The van der Waals surface area contributed by atoms with E-state index in [1.54, 1.807) is 0 Å². The first-order valence-corrected chi connectivity index (χ1v) is 5.66. The van der Waals surface area contributed by atoms with Gasteiger partial charge in [-0.1, -0.05) is 0 Å². The van der Waals surface area contributed by atoms with Crippen LogP contribution in [0.1, 0.15) is 18.5 Å². The summed E-state index contributed by atoms with van der Waals surface area (Å²) in [4.78, 5) is 16.3. The van der Waals surface area contributed by atoms with Crippen LogP contribution in [0.25, 0.3) is 0 Å². The molecular formula is C11H10F3N3O2. The Morgan fingerprint density at radius 2 is 2.11 bits per heavy atom. The SMILES string of the molecule is O=C1N(c2ccc(C(F)(F)F)nc2)C(O)NC12CC2. The lowest BCUT2D eigenvalue weighted by atomic mass is 10.2. The minimum atomic E-state index is -4.53. The van der Waals surface area contributed by atoms with Crippen molar-refractivity contribution in [3.8, 4) is 0 Å². The van der Waals surface area contributed by atoms with Gasteiger partial charge in [0.05, 0.1) is 11.9 Å². The van der Waals surface area contributed by atoms with Crippen molar-refractivity contribution in [1.82, 2.24) is 10.3 Å². The van der Waals surface area contributed by atoms with Gasteiger partial charge < -0.3 is 5.11 Å². The van der Waals surface area contributed by atoms with Crippen LogP contribution in [-0.4, -0.2) is 27.9 Å². The predicted molar refractivity (Wildman–Crippen MR) is 57.8 cm³/mol. The second-order valence-corrected chi connectivity index (χ2v) is 4.67. The number of aromatic nitrogens is 1. The van der Waals surface area contributed by atoms with Gasteiger partial charge >= 0.3 is 6.18 Å². The highest BCUT2D eigenvalue weighted by atomic mass is 19.4. The molecule has 1 saturated carbocycles. The molecule has 1 aliphatic carbocycles. The number of alkyl halides is 3. The van der Waals surface area contributed by atoms with Crippen LogP contribution in [0.15, 0.2) is 18.3 Å². The van der Waals surface area contributed by atoms with Gasteiger partial charge in [0.1, 0.15) is 11.2 Å². The van der Waals surface area contributed by atoms with Crippen LogP contribution < -0.4 is 10.2 Å². The molecule has 2 aliphatic rings. The number of pyridine rings is 1. The highest BCUT2D eigenvalue weighted by molar-refractivity contribution is 6.04. The van der Waals surface area contributed by atoms with Gasteiger partial charge in [-0.05, 0) is 25.0 Å². The first kappa shape index (κ1) is 12.4. The summed E-state index contributed by atoms with van der Waals surface area (Å²) in [6, 6.07) is 1.91. The van der Waals surface area contributed by atoms with Crippen LogP contribution in [0, 0.1) is 0 Å². The third kappa shape index (κ3) is 1.87. The Hall–Kier alpha value is -1.67. The van der Waals surface area contributed by atoms with E-state index in [1.165, 1.54) is 0 Å². The molecule has 2 heterocycles. The van der Waals surface area contributed by atoms with Crippen LogP contribution in [0.3, 0.4) is 0 Å². The van der Waals surface area contributed by atoms with Crippen LogP contribution in [0.4, 0.5) is 18.9 Å². The highest BCUT2D eigenvalue weighted by Crippen LogP contribution is 2.43. The molecule has 1 aliphatic heterocycles. The summed E-state index contributed by atoms with van der Waals surface area (Å²) < 4.78 is 37.1. The van der Waals surface area contributed by atoms with Crippen LogP contribution in [0.5, 0.6) is 0 Å². The molecule has 1 atom stereocenters. The Morgan fingerprint density at radius 1 is 1.42 bits per heavy atom. The summed E-state index contributed by atoms with van der Waals surface area (Å²) in [5.74, 6) is -0.332. The zero-order chi connectivity index (χ0) is 13.8. The highest BCUT2D eigenvalue weighted by Gasteiger charge is 2.59. The van der Waals surface area contributed by atoms with Crippen LogP contribution >= 0.6 is 0 Å². The van der Waals surface area contributed by atoms with Crippen molar-refractivity contribution in [3.63, 3.8) is 0 Å². The number of carbonyl (C=O) groups is 1. The molecule has 0 bridgehead atoms. The largest absolute Gasteiger partial charge is 0.433 e. The molecule has 0 aromatic carbocycles. The summed E-state index contributed by atoms with van der Waals surface area (Å²) in [7, 11) is 0. The number of nitrogens with one attached hydrogen (secondary N) is 1. The topological polar surface area (TPSA) is 65.5 Å². The van der Waals surface area contributed by atoms with Gasteiger partial charge in [-0.3, -0.25) is 15.0 Å². The van der Waals surface area contributed by atoms with Gasteiger partial charge in [0, 0.05) is 0 Å². The van der Waals surface area contributed by atoms with E-state index in [4.69, 9.17) is 0 Å². The van der Waals surface area contributed by atoms with Crippen LogP contribution in [0.2, 0.25) is 0 Å². The number of amides is 1. The maximum atomic E-state index is 12.4. The fourth-order valence-electron chi connectivity index (χ4n) is 2.15. The zero-order valence-electron chi connectivity index (χ0n) is 9.61. The summed E-state index contributed by atoms with van der Waals surface area (Å²) >= 11 is 0. The molecule has 102 valence electrons. The lowest BCUT2D eigenvalue weighted by molar-refractivity contribution is -0.141. The van der Waals surface area contributed by atoms with Crippen LogP contribution in [-0.2, 0) is 11.0 Å². The van der Waals surface area contributed by atoms with Crippen molar-refractivity contribution in [2.24, 2.45) is 0 Å². The number of nitrogens with zero attached hydrogens (tertiary/aromatic N) is 2. The maximum absolute atomic E-state index is 12.4. The monoisotopic (exact) mass is 273 g/mol. The average Bonchev–Trinajstić information content (AvgIpc) is 3.04. The van der Waals surface area contributed by atoms with Crippen molar-refractivity contribution < 1.29 is 23.1 Å². The lowest BCUT2D eigenvalue weighted by Gasteiger charge is -2.19. The number of hydrogen-bond acceptors (Lipinski definition) is 4. The molecule has 8 heteroatoms. The van der Waals surface area contributed by atoms with E-state index in [0.717, 1.165) is 23.2 Å². The first-order chi connectivity index (χ1) is 8.83. The molecular weight excluding hydrogens is 263 g/mol. The fraction of sp³-hybridized carbons (Fsp3) is 0.455. The average molecular weight is 273 g/mol. The van der Waals surface area contributed by atoms with E-state index in [1.807, 2.05) is 0 Å². The maximum Gasteiger partial charge on any atom is 0.433 e. The minimum absolute atomic E-state index is 0.141. The zero-order valence-corrected chi connectivity index (χ0v) is 9.61. The first-order valence-electron chi connectivity index (χ1n) is 5.66. The number of anilines is 1. The molecule has 1 saturated heterocycles. The van der Waals surface area contributed by atoms with E-state index in [0.29, 0.717) is 12.8 Å². The third-order valence-corrected chi connectivity index (χ3v) is 3.34. The van der Waals surface area contributed by atoms with Gasteiger partial charge in [-0.25, -0.2) is 4.98 Å². The number of aliphatic hydroxyl groups is 1. The van der Waals surface area contributed by atoms with Gasteiger partial charge in [0.2, 0.25) is 0 Å². The fourth-order valence-corrected chi connectivity index (χ4v) is 2.15. The van der Waals surface area contributed by atoms with Crippen molar-refractivity contribution >= 4 is 11.6 Å². The van der Waals surface area contributed by atoms with Gasteiger partial charge in [0.15, 0.2) is 6.35 Å². The summed E-state index contributed by atoms with van der Waals surface area (Å²) in [6.45, 7) is 0. The Morgan fingerprint density at radius 3 is 2.53 bits per heavy atom. The Kier molecular flexibility index (Phi) is 2.39. The third-order valence-electron chi connectivity index (χ3n) is 3.34. The number of hydrogen-bond donors (Lipinski definition) is 2. The smallest absolute Gasteiger partial charge is 0.360 e. The molecule has 1 unspecified atom stereocenters. The van der Waals surface area contributed by atoms with Gasteiger partial charge in [0.25, 0.3) is 5.91 Å². The summed E-state index contributed by atoms with van der Waals surface area (Å²) in [5, 5.41) is 12.5. The molecule has 1 spiro atoms. The molecule has 0 radical (unpaired) electrons. The van der Waals surface area contributed by atoms with E-state index < -0.39 is 23.8 Å². The quantitative estimate of drug-likeness (QED) is 0.796. The molecule has 2 fully saturated rings. The van der Waals surface area contributed by atoms with E-state index in [9.17, 15) is 23.1 Å². The standard InChI is InChI=1S/C11H10F3N3O2/c12-11(13,14)7-2-1-6(5-15-7)17-8(18)10(3-4-10)16-9(17)19/h1-2,5,9,16,19H,3-4H2. The van der Waals surface area contributed by atoms with Gasteiger partial charge in [-0.2, -0.15) is 13.2 Å². The van der Waals surface area contributed by atoms with Crippen molar-refractivity contribution in [3.05, 3.63) is 24.0 Å². The number of rotatable bonds is 1. The van der Waals surface area contributed by atoms with E-state index in [2.05, 4.69) is 10.3 Å². The second kappa shape index (κ2) is 3.67. The van der Waals surface area contributed by atoms with Gasteiger partial charge in [-0.15, -0.1) is 0 Å². The Balaban J connectivity index is 1.89. The summed E-state index contributed by atoms with van der Waals surface area (Å²) in [6.07, 6.45) is -3.58. The molecule has 19 heavy (non-hydrogen) atoms. The Labute approximate surface area is 106 Å². The molecule has 3 rings (SSSR count). The normalized spacial score (nSPS) is 25.2. The molecule has 5 nitrogen and oxygen atoms in total. The number of aliphatic hydroxyl groups excluding tert-OH is 1. The van der Waals surface area contributed by atoms with E-state index in [-0.39, 0.29) is 11.6 Å². The summed E-state index contributed by atoms with van der Waals surface area (Å²) in [5.41, 5.74) is -1.63. The van der Waals surface area contributed by atoms with Crippen molar-refractivity contribution in [1.29, 1.82) is 0 Å². The number of carbonyl (C=O) groups excluding carboxylic acids is 1. The predicted octanol–water partition coefficient (Wildman–Crippen LogP) is 0.845. The molecule has 2 N–H and O–H groups in total. The lowest BCUT2D eigenvalue weighted by Crippen LogP contribution is -2.37. The molecule has 1 aromatic heterocycles. The number of halogens is 3. The minimum Gasteiger partial charge on any atom is -0.360 e. The second-order valence-electron chi connectivity index (χ2n) is 4.67. The Bertz CT molecular complexity index is 525. The van der Waals surface area contributed by atoms with E-state index >= 15 is 0 Å². The van der Waals surface area contributed by atoms with Crippen molar-refractivity contribution in [2.45, 2.75) is 30.9 Å². The molecule has 1 amide bonds.